The molecule has 20 heavy (non-hydrogen) atoms. The Bertz CT molecular complexity index is 519. The maximum Gasteiger partial charge on any atom is 0.152 e. The summed E-state index contributed by atoms with van der Waals surface area (Å²) in [6.07, 6.45) is 6.11. The average Bonchev–Trinajstić information content (AvgIpc) is 2.46. The van der Waals surface area contributed by atoms with Crippen LogP contribution in [-0.4, -0.2) is 30.1 Å². The van der Waals surface area contributed by atoms with E-state index in [1.165, 1.54) is 6.42 Å². The first-order valence-electron chi connectivity index (χ1n) is 7.34. The van der Waals surface area contributed by atoms with E-state index in [1.807, 2.05) is 18.2 Å². The summed E-state index contributed by atoms with van der Waals surface area (Å²) in [6.45, 7) is 1.68. The number of benzene rings is 1. The lowest BCUT2D eigenvalue weighted by Gasteiger charge is -2.48. The second kappa shape index (κ2) is 5.49. The predicted molar refractivity (Wildman–Crippen MR) is 83.3 cm³/mol. The van der Waals surface area contributed by atoms with Crippen LogP contribution in [0.1, 0.15) is 42.5 Å². The highest BCUT2D eigenvalue weighted by Gasteiger charge is 2.42. The lowest BCUT2D eigenvalue weighted by atomic mass is 9.71. The van der Waals surface area contributed by atoms with Crippen molar-refractivity contribution in [1.82, 2.24) is 0 Å². The van der Waals surface area contributed by atoms with Crippen LogP contribution in [0.5, 0.6) is 0 Å². The largest absolute Gasteiger partial charge is 0.389 e. The van der Waals surface area contributed by atoms with Crippen molar-refractivity contribution < 1.29 is 9.90 Å². The first kappa shape index (κ1) is 14.1. The SMILES string of the molecule is O=Cc1ccc(Br)cc1N1CCC2(O)CCCCC2C1. The van der Waals surface area contributed by atoms with E-state index >= 15 is 0 Å². The summed E-state index contributed by atoms with van der Waals surface area (Å²) in [5.74, 6) is 0.337. The van der Waals surface area contributed by atoms with Gasteiger partial charge in [0.2, 0.25) is 0 Å². The highest BCUT2D eigenvalue weighted by Crippen LogP contribution is 2.41. The van der Waals surface area contributed by atoms with E-state index in [9.17, 15) is 9.90 Å². The third kappa shape index (κ3) is 2.51. The molecule has 1 heterocycles. The molecule has 4 heteroatoms. The molecule has 1 aliphatic heterocycles. The van der Waals surface area contributed by atoms with E-state index in [4.69, 9.17) is 0 Å². The molecular weight excluding hydrogens is 318 g/mol. The van der Waals surface area contributed by atoms with Crippen molar-refractivity contribution >= 4 is 27.9 Å². The zero-order valence-electron chi connectivity index (χ0n) is 11.5. The Morgan fingerprint density at radius 1 is 1.35 bits per heavy atom. The summed E-state index contributed by atoms with van der Waals surface area (Å²) in [4.78, 5) is 13.5. The van der Waals surface area contributed by atoms with Gasteiger partial charge < -0.3 is 10.0 Å². The average molecular weight is 338 g/mol. The molecule has 1 saturated heterocycles. The van der Waals surface area contributed by atoms with Crippen LogP contribution in [0, 0.1) is 5.92 Å². The molecule has 0 aromatic heterocycles. The number of piperidine rings is 1. The summed E-state index contributed by atoms with van der Waals surface area (Å²) in [7, 11) is 0. The number of carbonyl (C=O) groups excluding carboxylic acids is 1. The summed E-state index contributed by atoms with van der Waals surface area (Å²) in [6, 6.07) is 5.76. The van der Waals surface area contributed by atoms with Gasteiger partial charge in [0.15, 0.2) is 6.29 Å². The number of aldehydes is 1. The van der Waals surface area contributed by atoms with E-state index in [2.05, 4.69) is 20.8 Å². The van der Waals surface area contributed by atoms with E-state index in [0.29, 0.717) is 5.92 Å². The van der Waals surface area contributed by atoms with E-state index in [-0.39, 0.29) is 0 Å². The highest BCUT2D eigenvalue weighted by molar-refractivity contribution is 9.10. The van der Waals surface area contributed by atoms with Crippen molar-refractivity contribution in [1.29, 1.82) is 0 Å². The zero-order chi connectivity index (χ0) is 14.2. The maximum atomic E-state index is 11.2. The molecule has 2 atom stereocenters. The minimum absolute atomic E-state index is 0.337. The lowest BCUT2D eigenvalue weighted by molar-refractivity contribution is -0.0612. The number of nitrogens with zero attached hydrogens (tertiary/aromatic N) is 1. The Kier molecular flexibility index (Phi) is 3.87. The van der Waals surface area contributed by atoms with Gasteiger partial charge in [-0.05, 0) is 37.5 Å². The molecule has 0 spiro atoms. The fraction of sp³-hybridized carbons (Fsp3) is 0.562. The molecule has 1 aliphatic carbocycles. The van der Waals surface area contributed by atoms with Crippen LogP contribution in [0.4, 0.5) is 5.69 Å². The van der Waals surface area contributed by atoms with Gasteiger partial charge in [-0.3, -0.25) is 4.79 Å². The monoisotopic (exact) mass is 337 g/mol. The van der Waals surface area contributed by atoms with Crippen LogP contribution >= 0.6 is 15.9 Å². The van der Waals surface area contributed by atoms with Gasteiger partial charge in [0.1, 0.15) is 0 Å². The normalized spacial score (nSPS) is 29.9. The summed E-state index contributed by atoms with van der Waals surface area (Å²) >= 11 is 3.48. The van der Waals surface area contributed by atoms with Gasteiger partial charge in [0.05, 0.1) is 5.60 Å². The van der Waals surface area contributed by atoms with Crippen molar-refractivity contribution in [3.05, 3.63) is 28.2 Å². The van der Waals surface area contributed by atoms with Crippen LogP contribution in [0.25, 0.3) is 0 Å². The van der Waals surface area contributed by atoms with Crippen LogP contribution in [0.2, 0.25) is 0 Å². The molecule has 2 fully saturated rings. The number of carbonyl (C=O) groups is 1. The first-order valence-corrected chi connectivity index (χ1v) is 8.14. The molecule has 0 radical (unpaired) electrons. The minimum atomic E-state index is -0.470. The molecule has 108 valence electrons. The third-order valence-electron chi connectivity index (χ3n) is 4.89. The lowest BCUT2D eigenvalue weighted by Crippen LogP contribution is -2.53. The fourth-order valence-corrected chi connectivity index (χ4v) is 4.03. The second-order valence-electron chi connectivity index (χ2n) is 6.06. The van der Waals surface area contributed by atoms with Crippen molar-refractivity contribution in [2.24, 2.45) is 5.92 Å². The van der Waals surface area contributed by atoms with Gasteiger partial charge >= 0.3 is 0 Å². The Labute approximate surface area is 128 Å². The van der Waals surface area contributed by atoms with E-state index in [1.54, 1.807) is 0 Å². The number of anilines is 1. The number of aliphatic hydroxyl groups is 1. The van der Waals surface area contributed by atoms with Crippen LogP contribution in [-0.2, 0) is 0 Å². The predicted octanol–water partition coefficient (Wildman–Crippen LogP) is 3.39. The number of hydrogen-bond donors (Lipinski definition) is 1. The molecule has 1 saturated carbocycles. The van der Waals surface area contributed by atoms with Crippen LogP contribution < -0.4 is 4.90 Å². The number of rotatable bonds is 2. The minimum Gasteiger partial charge on any atom is -0.389 e. The molecule has 3 nitrogen and oxygen atoms in total. The summed E-state index contributed by atoms with van der Waals surface area (Å²) in [5, 5.41) is 10.7. The van der Waals surface area contributed by atoms with E-state index in [0.717, 1.165) is 60.8 Å². The molecule has 0 amide bonds. The Morgan fingerprint density at radius 3 is 3.00 bits per heavy atom. The Hall–Kier alpha value is -0.870. The van der Waals surface area contributed by atoms with Gasteiger partial charge in [0.25, 0.3) is 0 Å². The smallest absolute Gasteiger partial charge is 0.152 e. The second-order valence-corrected chi connectivity index (χ2v) is 6.98. The topological polar surface area (TPSA) is 40.5 Å². The van der Waals surface area contributed by atoms with Gasteiger partial charge in [0, 0.05) is 34.7 Å². The molecule has 1 aromatic rings. The van der Waals surface area contributed by atoms with Crippen LogP contribution in [0.15, 0.2) is 22.7 Å². The Morgan fingerprint density at radius 2 is 2.20 bits per heavy atom. The maximum absolute atomic E-state index is 11.2. The molecule has 1 N–H and O–H groups in total. The number of halogens is 1. The van der Waals surface area contributed by atoms with Crippen molar-refractivity contribution in [2.45, 2.75) is 37.7 Å². The number of fused-ring (bicyclic) bond motifs is 1. The first-order chi connectivity index (χ1) is 9.62. The zero-order valence-corrected chi connectivity index (χ0v) is 13.1. The summed E-state index contributed by atoms with van der Waals surface area (Å²) in [5.41, 5.74) is 1.25. The van der Waals surface area contributed by atoms with Crippen LogP contribution in [0.3, 0.4) is 0 Å². The van der Waals surface area contributed by atoms with Gasteiger partial charge in [-0.25, -0.2) is 0 Å². The molecule has 0 bridgehead atoms. The van der Waals surface area contributed by atoms with Crippen molar-refractivity contribution in [3.8, 4) is 0 Å². The van der Waals surface area contributed by atoms with Crippen molar-refractivity contribution in [2.75, 3.05) is 18.0 Å². The Balaban J connectivity index is 1.86. The standard InChI is InChI=1S/C16H20BrNO2/c17-14-5-4-12(11-19)15(9-14)18-8-7-16(20)6-2-1-3-13(16)10-18/h4-5,9,11,13,20H,1-3,6-8,10H2. The third-order valence-corrected chi connectivity index (χ3v) is 5.38. The number of hydrogen-bond acceptors (Lipinski definition) is 3. The van der Waals surface area contributed by atoms with Gasteiger partial charge in [-0.1, -0.05) is 28.8 Å². The molecule has 3 rings (SSSR count). The summed E-state index contributed by atoms with van der Waals surface area (Å²) < 4.78 is 0.988. The van der Waals surface area contributed by atoms with Crippen molar-refractivity contribution in [3.63, 3.8) is 0 Å². The quantitative estimate of drug-likeness (QED) is 0.841. The molecule has 1 aromatic carbocycles. The highest BCUT2D eigenvalue weighted by atomic mass is 79.9. The molecule has 2 aliphatic rings. The fourth-order valence-electron chi connectivity index (χ4n) is 3.68. The van der Waals surface area contributed by atoms with E-state index < -0.39 is 5.60 Å². The molecule has 2 unspecified atom stereocenters. The van der Waals surface area contributed by atoms with Gasteiger partial charge in [-0.2, -0.15) is 0 Å². The molecular formula is C16H20BrNO2. The van der Waals surface area contributed by atoms with Gasteiger partial charge in [-0.15, -0.1) is 0 Å².